The van der Waals surface area contributed by atoms with Gasteiger partial charge in [0.15, 0.2) is 0 Å². The number of rotatable bonds is 7. The van der Waals surface area contributed by atoms with Gasteiger partial charge in [-0.3, -0.25) is 4.79 Å². The third kappa shape index (κ3) is 4.31. The Balaban J connectivity index is 1.54. The molecular formula is C20H19N3O3S. The number of hydrogen-bond acceptors (Lipinski definition) is 6. The minimum atomic E-state index is -0.434. The van der Waals surface area contributed by atoms with Crippen molar-refractivity contribution in [3.63, 3.8) is 0 Å². The first-order valence-corrected chi connectivity index (χ1v) is 9.61. The Labute approximate surface area is 161 Å². The molecule has 1 aliphatic rings. The van der Waals surface area contributed by atoms with Crippen molar-refractivity contribution in [2.75, 3.05) is 7.11 Å². The van der Waals surface area contributed by atoms with Gasteiger partial charge in [0.05, 0.1) is 7.11 Å². The molecule has 1 aliphatic carbocycles. The van der Waals surface area contributed by atoms with Crippen LogP contribution in [-0.2, 0) is 4.79 Å². The number of ether oxygens (including phenoxy) is 1. The first-order chi connectivity index (χ1) is 13.2. The first-order valence-electron chi connectivity index (χ1n) is 8.73. The fourth-order valence-electron chi connectivity index (χ4n) is 2.61. The van der Waals surface area contributed by atoms with Crippen molar-refractivity contribution in [3.05, 3.63) is 60.2 Å². The molecule has 3 aromatic rings. The number of hydrogen-bond donors (Lipinski definition) is 1. The maximum absolute atomic E-state index is 12.7. The second kappa shape index (κ2) is 7.84. The van der Waals surface area contributed by atoms with Gasteiger partial charge in [0.2, 0.25) is 11.8 Å². The van der Waals surface area contributed by atoms with Crippen molar-refractivity contribution in [3.8, 4) is 17.2 Å². The van der Waals surface area contributed by atoms with Crippen molar-refractivity contribution < 1.29 is 13.9 Å². The van der Waals surface area contributed by atoms with Gasteiger partial charge in [0.1, 0.15) is 11.0 Å². The largest absolute Gasteiger partial charge is 0.497 e. The van der Waals surface area contributed by atoms with E-state index in [9.17, 15) is 4.79 Å². The standard InChI is InChI=1S/C20H19N3O3S/c1-25-16-11-7-14(8-12-16)19-22-23-20(26-19)27-17(13-5-3-2-4-6-13)18(24)21-15-9-10-15/h2-8,11-12,15,17H,9-10H2,1H3,(H,21,24)/t17-/m0/s1. The second-order valence-corrected chi connectivity index (χ2v) is 7.35. The molecule has 138 valence electrons. The van der Waals surface area contributed by atoms with Crippen molar-refractivity contribution in [1.82, 2.24) is 15.5 Å². The molecule has 1 saturated carbocycles. The third-order valence-electron chi connectivity index (χ3n) is 4.23. The van der Waals surface area contributed by atoms with Crippen molar-refractivity contribution in [2.45, 2.75) is 29.4 Å². The zero-order chi connectivity index (χ0) is 18.6. The van der Waals surface area contributed by atoms with E-state index in [0.29, 0.717) is 17.2 Å². The summed E-state index contributed by atoms with van der Waals surface area (Å²) in [5.41, 5.74) is 1.71. The molecule has 1 amide bonds. The lowest BCUT2D eigenvalue weighted by Gasteiger charge is -2.14. The van der Waals surface area contributed by atoms with E-state index in [1.54, 1.807) is 7.11 Å². The molecule has 0 unspecified atom stereocenters. The van der Waals surface area contributed by atoms with Crippen LogP contribution in [0.25, 0.3) is 11.5 Å². The summed E-state index contributed by atoms with van der Waals surface area (Å²) in [6.45, 7) is 0. The molecular weight excluding hydrogens is 362 g/mol. The van der Waals surface area contributed by atoms with Gasteiger partial charge in [-0.1, -0.05) is 30.3 Å². The smallest absolute Gasteiger partial charge is 0.277 e. The number of carbonyl (C=O) groups is 1. The monoisotopic (exact) mass is 381 g/mol. The molecule has 27 heavy (non-hydrogen) atoms. The van der Waals surface area contributed by atoms with Crippen molar-refractivity contribution in [1.29, 1.82) is 0 Å². The second-order valence-electron chi connectivity index (χ2n) is 6.29. The number of methoxy groups -OCH3 is 1. The predicted molar refractivity (Wildman–Crippen MR) is 102 cm³/mol. The summed E-state index contributed by atoms with van der Waals surface area (Å²) < 4.78 is 10.9. The highest BCUT2D eigenvalue weighted by molar-refractivity contribution is 8.00. The van der Waals surface area contributed by atoms with E-state index in [4.69, 9.17) is 9.15 Å². The number of nitrogens with zero attached hydrogens (tertiary/aromatic N) is 2. The van der Waals surface area contributed by atoms with Crippen LogP contribution in [0.15, 0.2) is 64.2 Å². The zero-order valence-electron chi connectivity index (χ0n) is 14.8. The molecule has 1 N–H and O–H groups in total. The van der Waals surface area contributed by atoms with Crippen LogP contribution in [0.2, 0.25) is 0 Å². The van der Waals surface area contributed by atoms with Crippen molar-refractivity contribution >= 4 is 17.7 Å². The Morgan fingerprint density at radius 3 is 2.56 bits per heavy atom. The molecule has 6 nitrogen and oxygen atoms in total. The maximum atomic E-state index is 12.7. The Bertz CT molecular complexity index is 908. The lowest BCUT2D eigenvalue weighted by atomic mass is 10.1. The normalized spacial score (nSPS) is 14.6. The molecule has 1 heterocycles. The maximum Gasteiger partial charge on any atom is 0.277 e. The summed E-state index contributed by atoms with van der Waals surface area (Å²) >= 11 is 1.27. The van der Waals surface area contributed by atoms with Crippen molar-refractivity contribution in [2.24, 2.45) is 0 Å². The molecule has 1 aromatic heterocycles. The molecule has 1 atom stereocenters. The van der Waals surface area contributed by atoms with E-state index in [1.165, 1.54) is 11.8 Å². The molecule has 0 saturated heterocycles. The predicted octanol–water partition coefficient (Wildman–Crippen LogP) is 3.86. The van der Waals surface area contributed by atoms with Crippen LogP contribution in [-0.4, -0.2) is 29.3 Å². The molecule has 0 aliphatic heterocycles. The van der Waals surface area contributed by atoms with Crippen LogP contribution in [0.4, 0.5) is 0 Å². The third-order valence-corrected chi connectivity index (χ3v) is 5.31. The Morgan fingerprint density at radius 1 is 1.15 bits per heavy atom. The van der Waals surface area contributed by atoms with Crippen LogP contribution in [0, 0.1) is 0 Å². The highest BCUT2D eigenvalue weighted by atomic mass is 32.2. The fraction of sp³-hybridized carbons (Fsp3) is 0.250. The number of amides is 1. The molecule has 2 aromatic carbocycles. The average Bonchev–Trinajstić information content (AvgIpc) is 3.40. The van der Waals surface area contributed by atoms with E-state index in [-0.39, 0.29) is 5.91 Å². The SMILES string of the molecule is COc1ccc(-c2nnc(S[C@H](C(=O)NC3CC3)c3ccccc3)o2)cc1. The van der Waals surface area contributed by atoms with Gasteiger partial charge in [-0.2, -0.15) is 0 Å². The lowest BCUT2D eigenvalue weighted by Crippen LogP contribution is -2.29. The van der Waals surface area contributed by atoms with Gasteiger partial charge in [0.25, 0.3) is 5.22 Å². The molecule has 0 bridgehead atoms. The molecule has 7 heteroatoms. The quantitative estimate of drug-likeness (QED) is 0.626. The van der Waals surface area contributed by atoms with Gasteiger partial charge < -0.3 is 14.5 Å². The molecule has 1 fully saturated rings. The van der Waals surface area contributed by atoms with E-state index in [2.05, 4.69) is 15.5 Å². The van der Waals surface area contributed by atoms with Crippen LogP contribution in [0.3, 0.4) is 0 Å². The first kappa shape index (κ1) is 17.6. The number of carbonyl (C=O) groups excluding carboxylic acids is 1. The zero-order valence-corrected chi connectivity index (χ0v) is 15.6. The van der Waals surface area contributed by atoms with Crippen LogP contribution >= 0.6 is 11.8 Å². The lowest BCUT2D eigenvalue weighted by molar-refractivity contribution is -0.120. The van der Waals surface area contributed by atoms with E-state index in [0.717, 1.165) is 29.7 Å². The number of thioether (sulfide) groups is 1. The summed E-state index contributed by atoms with van der Waals surface area (Å²) in [4.78, 5) is 12.7. The Kier molecular flexibility index (Phi) is 5.11. The van der Waals surface area contributed by atoms with Gasteiger partial charge in [-0.05, 0) is 54.4 Å². The van der Waals surface area contributed by atoms with Gasteiger partial charge >= 0.3 is 0 Å². The summed E-state index contributed by atoms with van der Waals surface area (Å²) in [5.74, 6) is 1.14. The highest BCUT2D eigenvalue weighted by Gasteiger charge is 2.30. The van der Waals surface area contributed by atoms with Crippen LogP contribution < -0.4 is 10.1 Å². The van der Waals surface area contributed by atoms with E-state index in [1.807, 2.05) is 54.6 Å². The van der Waals surface area contributed by atoms with Gasteiger partial charge in [-0.25, -0.2) is 0 Å². The van der Waals surface area contributed by atoms with E-state index < -0.39 is 5.25 Å². The van der Waals surface area contributed by atoms with Gasteiger partial charge in [-0.15, -0.1) is 10.2 Å². The van der Waals surface area contributed by atoms with Crippen LogP contribution in [0.1, 0.15) is 23.7 Å². The minimum Gasteiger partial charge on any atom is -0.497 e. The minimum absolute atomic E-state index is 0.0297. The Hall–Kier alpha value is -2.80. The Morgan fingerprint density at radius 2 is 1.89 bits per heavy atom. The summed E-state index contributed by atoms with van der Waals surface area (Å²) in [6.07, 6.45) is 2.08. The summed E-state index contributed by atoms with van der Waals surface area (Å²) in [5, 5.41) is 11.2. The average molecular weight is 381 g/mol. The summed E-state index contributed by atoms with van der Waals surface area (Å²) in [7, 11) is 1.62. The van der Waals surface area contributed by atoms with Gasteiger partial charge in [0, 0.05) is 11.6 Å². The molecule has 4 rings (SSSR count). The van der Waals surface area contributed by atoms with Crippen LogP contribution in [0.5, 0.6) is 5.75 Å². The van der Waals surface area contributed by atoms with E-state index >= 15 is 0 Å². The molecule has 0 spiro atoms. The summed E-state index contributed by atoms with van der Waals surface area (Å²) in [6, 6.07) is 17.3. The molecule has 0 radical (unpaired) electrons. The fourth-order valence-corrected chi connectivity index (χ4v) is 3.50. The highest BCUT2D eigenvalue weighted by Crippen LogP contribution is 2.36. The topological polar surface area (TPSA) is 77.2 Å². The number of benzene rings is 2. The number of aromatic nitrogens is 2. The number of nitrogens with one attached hydrogen (secondary N) is 1.